The molecule has 20 heavy (non-hydrogen) atoms. The van der Waals surface area contributed by atoms with Crippen LogP contribution < -0.4 is 5.73 Å². The maximum absolute atomic E-state index is 12.5. The quantitative estimate of drug-likeness (QED) is 0.919. The van der Waals surface area contributed by atoms with E-state index < -0.39 is 0 Å². The third kappa shape index (κ3) is 2.34. The Morgan fingerprint density at radius 2 is 2.40 bits per heavy atom. The molecule has 2 aromatic rings. The van der Waals surface area contributed by atoms with Crippen LogP contribution in [0.4, 0.5) is 0 Å². The van der Waals surface area contributed by atoms with Crippen molar-refractivity contribution in [3.63, 3.8) is 0 Å². The van der Waals surface area contributed by atoms with E-state index in [0.717, 1.165) is 30.0 Å². The molecule has 0 unspecified atom stereocenters. The van der Waals surface area contributed by atoms with Gasteiger partial charge in [-0.2, -0.15) is 5.10 Å². The van der Waals surface area contributed by atoms with E-state index in [2.05, 4.69) is 10.1 Å². The van der Waals surface area contributed by atoms with Gasteiger partial charge in [0.15, 0.2) is 0 Å². The van der Waals surface area contributed by atoms with Gasteiger partial charge >= 0.3 is 0 Å². The van der Waals surface area contributed by atoms with E-state index in [0.29, 0.717) is 11.4 Å². The summed E-state index contributed by atoms with van der Waals surface area (Å²) >= 11 is 1.41. The fraction of sp³-hybridized carbons (Fsp3) is 0.462. The highest BCUT2D eigenvalue weighted by molar-refractivity contribution is 7.16. The number of aryl methyl sites for hydroxylation is 1. The number of carbonyl (C=O) groups is 1. The molecule has 0 spiro atoms. The van der Waals surface area contributed by atoms with Crippen LogP contribution >= 0.6 is 11.3 Å². The van der Waals surface area contributed by atoms with Crippen molar-refractivity contribution in [2.75, 3.05) is 13.1 Å². The number of hydrogen-bond acceptors (Lipinski definition) is 5. The van der Waals surface area contributed by atoms with E-state index in [4.69, 9.17) is 5.73 Å². The lowest BCUT2D eigenvalue weighted by Crippen LogP contribution is -2.39. The first-order valence-corrected chi connectivity index (χ1v) is 7.46. The van der Waals surface area contributed by atoms with Gasteiger partial charge in [0.25, 0.3) is 5.91 Å². The molecule has 106 valence electrons. The molecule has 7 heteroatoms. The van der Waals surface area contributed by atoms with Crippen LogP contribution in [0.25, 0.3) is 10.6 Å². The SMILES string of the molecule is Cn1cc(-c2ncc(C(=O)N3CCC[C@@H]3CN)s2)cn1. The fourth-order valence-electron chi connectivity index (χ4n) is 2.53. The van der Waals surface area contributed by atoms with Gasteiger partial charge in [0.2, 0.25) is 0 Å². The van der Waals surface area contributed by atoms with Crippen molar-refractivity contribution >= 4 is 17.2 Å². The lowest BCUT2D eigenvalue weighted by molar-refractivity contribution is 0.0746. The normalized spacial score (nSPS) is 18.7. The van der Waals surface area contributed by atoms with Gasteiger partial charge in [0.1, 0.15) is 9.88 Å². The Labute approximate surface area is 121 Å². The summed E-state index contributed by atoms with van der Waals surface area (Å²) in [6.07, 6.45) is 7.33. The molecule has 1 amide bonds. The van der Waals surface area contributed by atoms with E-state index in [1.807, 2.05) is 18.1 Å². The molecule has 1 saturated heterocycles. The molecule has 1 fully saturated rings. The van der Waals surface area contributed by atoms with Gasteiger partial charge in [-0.15, -0.1) is 11.3 Å². The molecule has 1 atom stereocenters. The summed E-state index contributed by atoms with van der Waals surface area (Å²) in [6.45, 7) is 1.32. The standard InChI is InChI=1S/C13H17N5OS/c1-17-8-9(6-16-17)12-15-7-11(20-12)13(19)18-4-2-3-10(18)5-14/h6-8,10H,2-5,14H2,1H3/t10-/m1/s1. The largest absolute Gasteiger partial charge is 0.334 e. The molecule has 3 heterocycles. The van der Waals surface area contributed by atoms with Crippen LogP contribution in [0.5, 0.6) is 0 Å². The summed E-state index contributed by atoms with van der Waals surface area (Å²) in [5, 5.41) is 4.95. The molecule has 1 aliphatic heterocycles. The van der Waals surface area contributed by atoms with Gasteiger partial charge in [-0.05, 0) is 12.8 Å². The Kier molecular flexibility index (Phi) is 3.54. The number of thiazole rings is 1. The molecule has 2 aromatic heterocycles. The number of amides is 1. The summed E-state index contributed by atoms with van der Waals surface area (Å²) in [4.78, 5) is 19.4. The van der Waals surface area contributed by atoms with E-state index in [1.165, 1.54) is 11.3 Å². The maximum Gasteiger partial charge on any atom is 0.265 e. The van der Waals surface area contributed by atoms with E-state index in [-0.39, 0.29) is 11.9 Å². The maximum atomic E-state index is 12.5. The Balaban J connectivity index is 1.81. The van der Waals surface area contributed by atoms with Crippen molar-refractivity contribution < 1.29 is 4.79 Å². The number of hydrogen-bond donors (Lipinski definition) is 1. The number of carbonyl (C=O) groups excluding carboxylic acids is 1. The second-order valence-corrected chi connectivity index (χ2v) is 5.99. The van der Waals surface area contributed by atoms with Gasteiger partial charge in [0.05, 0.1) is 12.4 Å². The van der Waals surface area contributed by atoms with E-state index >= 15 is 0 Å². The van der Waals surface area contributed by atoms with Crippen molar-refractivity contribution in [2.45, 2.75) is 18.9 Å². The first-order valence-electron chi connectivity index (χ1n) is 6.65. The summed E-state index contributed by atoms with van der Waals surface area (Å²) in [5.41, 5.74) is 6.66. The van der Waals surface area contributed by atoms with Crippen LogP contribution in [0.2, 0.25) is 0 Å². The minimum Gasteiger partial charge on any atom is -0.334 e. The van der Waals surface area contributed by atoms with Gasteiger partial charge in [-0.1, -0.05) is 0 Å². The van der Waals surface area contributed by atoms with Crippen molar-refractivity contribution in [1.82, 2.24) is 19.7 Å². The smallest absolute Gasteiger partial charge is 0.265 e. The third-order valence-electron chi connectivity index (χ3n) is 3.58. The molecule has 0 aromatic carbocycles. The van der Waals surface area contributed by atoms with E-state index in [1.54, 1.807) is 17.1 Å². The molecule has 6 nitrogen and oxygen atoms in total. The lowest BCUT2D eigenvalue weighted by atomic mass is 10.2. The molecular weight excluding hydrogens is 274 g/mol. The Morgan fingerprint density at radius 1 is 1.55 bits per heavy atom. The van der Waals surface area contributed by atoms with Gasteiger partial charge in [-0.25, -0.2) is 4.98 Å². The predicted octanol–water partition coefficient (Wildman–Crippen LogP) is 1.11. The van der Waals surface area contributed by atoms with Crippen LogP contribution in [0, 0.1) is 0 Å². The summed E-state index contributed by atoms with van der Waals surface area (Å²) < 4.78 is 1.73. The Morgan fingerprint density at radius 3 is 3.10 bits per heavy atom. The van der Waals surface area contributed by atoms with Crippen LogP contribution in [0.3, 0.4) is 0 Å². The third-order valence-corrected chi connectivity index (χ3v) is 4.61. The zero-order chi connectivity index (χ0) is 14.1. The zero-order valence-corrected chi connectivity index (χ0v) is 12.1. The number of nitrogens with zero attached hydrogens (tertiary/aromatic N) is 4. The fourth-order valence-corrected chi connectivity index (χ4v) is 3.37. The number of rotatable bonds is 3. The summed E-state index contributed by atoms with van der Waals surface area (Å²) in [6, 6.07) is 0.173. The summed E-state index contributed by atoms with van der Waals surface area (Å²) in [5.74, 6) is 0.0468. The molecule has 1 aliphatic rings. The number of aromatic nitrogens is 3. The first-order chi connectivity index (χ1) is 9.69. The van der Waals surface area contributed by atoms with Crippen LogP contribution in [-0.4, -0.2) is 44.7 Å². The highest BCUT2D eigenvalue weighted by atomic mass is 32.1. The van der Waals surface area contributed by atoms with Crippen LogP contribution in [-0.2, 0) is 7.05 Å². The van der Waals surface area contributed by atoms with Crippen LogP contribution in [0.1, 0.15) is 22.5 Å². The zero-order valence-electron chi connectivity index (χ0n) is 11.3. The minimum atomic E-state index is 0.0468. The minimum absolute atomic E-state index is 0.0468. The van der Waals surface area contributed by atoms with Crippen LogP contribution in [0.15, 0.2) is 18.6 Å². The highest BCUT2D eigenvalue weighted by Gasteiger charge is 2.29. The Hall–Kier alpha value is -1.73. The molecule has 0 bridgehead atoms. The first kappa shape index (κ1) is 13.3. The second-order valence-electron chi connectivity index (χ2n) is 4.96. The topological polar surface area (TPSA) is 77.0 Å². The van der Waals surface area contributed by atoms with Gasteiger partial charge in [0, 0.05) is 37.9 Å². The summed E-state index contributed by atoms with van der Waals surface area (Å²) in [7, 11) is 1.86. The van der Waals surface area contributed by atoms with Gasteiger partial charge in [-0.3, -0.25) is 9.48 Å². The molecule has 0 radical (unpaired) electrons. The second kappa shape index (κ2) is 5.34. The molecule has 0 saturated carbocycles. The molecule has 0 aliphatic carbocycles. The van der Waals surface area contributed by atoms with Gasteiger partial charge < -0.3 is 10.6 Å². The average Bonchev–Trinajstić information content (AvgIpc) is 3.17. The molecule has 2 N–H and O–H groups in total. The lowest BCUT2D eigenvalue weighted by Gasteiger charge is -2.22. The van der Waals surface area contributed by atoms with Crippen molar-refractivity contribution in [1.29, 1.82) is 0 Å². The highest BCUT2D eigenvalue weighted by Crippen LogP contribution is 2.27. The van der Waals surface area contributed by atoms with Crippen molar-refractivity contribution in [2.24, 2.45) is 12.8 Å². The average molecular weight is 291 g/mol. The van der Waals surface area contributed by atoms with Crippen molar-refractivity contribution in [3.05, 3.63) is 23.5 Å². The number of likely N-dealkylation sites (tertiary alicyclic amines) is 1. The molecular formula is C13H17N5OS. The number of nitrogens with two attached hydrogens (primary N) is 1. The van der Waals surface area contributed by atoms with E-state index in [9.17, 15) is 4.79 Å². The van der Waals surface area contributed by atoms with Crippen molar-refractivity contribution in [3.8, 4) is 10.6 Å². The molecule has 3 rings (SSSR count). The Bertz CT molecular complexity index is 620. The monoisotopic (exact) mass is 291 g/mol. The predicted molar refractivity (Wildman–Crippen MR) is 77.4 cm³/mol.